The molecule has 5 unspecified atom stereocenters. The molecule has 2 saturated carbocycles. The Hall–Kier alpha value is -1.94. The molecule has 6 atom stereocenters. The number of allylic oxidation sites excluding steroid dienone is 2. The van der Waals surface area contributed by atoms with Gasteiger partial charge in [0.05, 0.1) is 12.1 Å². The van der Waals surface area contributed by atoms with Gasteiger partial charge in [-0.1, -0.05) is 26.3 Å². The molecule has 3 aliphatic rings. The third-order valence-corrected chi connectivity index (χ3v) is 6.71. The summed E-state index contributed by atoms with van der Waals surface area (Å²) in [6, 6.07) is 4.30. The number of hydrogen-bond acceptors (Lipinski definition) is 4. The van der Waals surface area contributed by atoms with E-state index in [0.29, 0.717) is 12.8 Å². The second kappa shape index (κ2) is 5.03. The standard InChI is InChI=1S/C19H22N2O2/c1-11-14-4-5-18(2)7-12(9-20)15(22)6-16(18)19(14,3)8-13(10-21)17(11)23/h6,11-14H,4-5,7-8H2,1-3H3/t11?,12?,13?,14?,18-,19?/m0/s1. The van der Waals surface area contributed by atoms with Gasteiger partial charge in [-0.05, 0) is 48.5 Å². The lowest BCUT2D eigenvalue weighted by Crippen LogP contribution is -2.53. The minimum absolute atomic E-state index is 0.0521. The van der Waals surface area contributed by atoms with Crippen molar-refractivity contribution in [1.82, 2.24) is 0 Å². The highest BCUT2D eigenvalue weighted by atomic mass is 16.1. The molecule has 0 aromatic rings. The lowest BCUT2D eigenvalue weighted by Gasteiger charge is -2.57. The number of nitrogens with zero attached hydrogens (tertiary/aromatic N) is 2. The smallest absolute Gasteiger partial charge is 0.172 e. The van der Waals surface area contributed by atoms with Crippen molar-refractivity contribution in [2.75, 3.05) is 0 Å². The first-order valence-electron chi connectivity index (χ1n) is 8.36. The van der Waals surface area contributed by atoms with Crippen molar-refractivity contribution >= 4 is 11.6 Å². The molecule has 23 heavy (non-hydrogen) atoms. The fourth-order valence-corrected chi connectivity index (χ4v) is 5.48. The fraction of sp³-hybridized carbons (Fsp3) is 0.684. The number of rotatable bonds is 0. The zero-order chi connectivity index (χ0) is 17.0. The van der Waals surface area contributed by atoms with E-state index in [1.54, 1.807) is 6.08 Å². The molecule has 4 nitrogen and oxygen atoms in total. The zero-order valence-corrected chi connectivity index (χ0v) is 13.9. The van der Waals surface area contributed by atoms with Crippen molar-refractivity contribution < 1.29 is 9.59 Å². The van der Waals surface area contributed by atoms with Crippen LogP contribution in [0, 0.1) is 57.2 Å². The quantitative estimate of drug-likeness (QED) is 0.688. The van der Waals surface area contributed by atoms with Crippen LogP contribution < -0.4 is 0 Å². The van der Waals surface area contributed by atoms with Crippen LogP contribution in [0.4, 0.5) is 0 Å². The number of nitriles is 2. The van der Waals surface area contributed by atoms with Gasteiger partial charge in [0.1, 0.15) is 11.8 Å². The Bertz CT molecular complexity index is 695. The zero-order valence-electron chi connectivity index (χ0n) is 13.9. The van der Waals surface area contributed by atoms with Gasteiger partial charge in [-0.3, -0.25) is 9.59 Å². The predicted molar refractivity (Wildman–Crippen MR) is 83.6 cm³/mol. The average molecular weight is 310 g/mol. The minimum Gasteiger partial charge on any atom is -0.298 e. The SMILES string of the molecule is CC1C(=O)C(C#N)CC2(C)C3=CC(=O)C(C#N)C[C@]3(C)CCC12. The van der Waals surface area contributed by atoms with E-state index < -0.39 is 11.8 Å². The molecule has 0 amide bonds. The summed E-state index contributed by atoms with van der Waals surface area (Å²) in [6.07, 6.45) is 4.57. The lowest BCUT2D eigenvalue weighted by molar-refractivity contribution is -0.135. The second-order valence-corrected chi connectivity index (χ2v) is 8.05. The largest absolute Gasteiger partial charge is 0.298 e. The van der Waals surface area contributed by atoms with Gasteiger partial charge >= 0.3 is 0 Å². The Kier molecular flexibility index (Phi) is 3.49. The molecule has 0 saturated heterocycles. The molecule has 0 aliphatic heterocycles. The number of hydrogen-bond donors (Lipinski definition) is 0. The van der Waals surface area contributed by atoms with Crippen LogP contribution in [0.15, 0.2) is 11.6 Å². The van der Waals surface area contributed by atoms with E-state index in [2.05, 4.69) is 26.0 Å². The van der Waals surface area contributed by atoms with Crippen molar-refractivity contribution in [3.05, 3.63) is 11.6 Å². The predicted octanol–water partition coefficient (Wildman–Crippen LogP) is 3.20. The summed E-state index contributed by atoms with van der Waals surface area (Å²) in [7, 11) is 0. The fourth-order valence-electron chi connectivity index (χ4n) is 5.48. The van der Waals surface area contributed by atoms with E-state index in [1.165, 1.54) is 0 Å². The van der Waals surface area contributed by atoms with E-state index in [0.717, 1.165) is 18.4 Å². The second-order valence-electron chi connectivity index (χ2n) is 8.05. The highest BCUT2D eigenvalue weighted by molar-refractivity contribution is 5.96. The third-order valence-electron chi connectivity index (χ3n) is 6.71. The van der Waals surface area contributed by atoms with Crippen molar-refractivity contribution in [2.45, 2.75) is 46.5 Å². The van der Waals surface area contributed by atoms with E-state index in [1.807, 2.05) is 6.92 Å². The maximum atomic E-state index is 12.4. The van der Waals surface area contributed by atoms with Crippen LogP contribution in [0.1, 0.15) is 46.5 Å². The molecule has 0 radical (unpaired) electrons. The van der Waals surface area contributed by atoms with E-state index in [4.69, 9.17) is 0 Å². The molecule has 0 spiro atoms. The molecule has 0 aromatic carbocycles. The van der Waals surface area contributed by atoms with Crippen LogP contribution >= 0.6 is 0 Å². The Morgan fingerprint density at radius 1 is 1.13 bits per heavy atom. The maximum absolute atomic E-state index is 12.4. The van der Waals surface area contributed by atoms with E-state index in [9.17, 15) is 20.1 Å². The van der Waals surface area contributed by atoms with Crippen molar-refractivity contribution in [3.8, 4) is 12.1 Å². The Balaban J connectivity index is 2.10. The normalized spacial score (nSPS) is 46.0. The summed E-state index contributed by atoms with van der Waals surface area (Å²) in [4.78, 5) is 24.7. The van der Waals surface area contributed by atoms with Gasteiger partial charge in [-0.25, -0.2) is 0 Å². The number of ketones is 2. The minimum atomic E-state index is -0.585. The van der Waals surface area contributed by atoms with Crippen LogP contribution in [0.5, 0.6) is 0 Å². The molecule has 0 heterocycles. The molecule has 120 valence electrons. The average Bonchev–Trinajstić information content (AvgIpc) is 2.52. The number of Topliss-reactive ketones (excluding diaryl/α,β-unsaturated/α-hetero) is 1. The summed E-state index contributed by atoms with van der Waals surface area (Å²) in [5, 5.41) is 18.6. The molecule has 0 aromatic heterocycles. The van der Waals surface area contributed by atoms with Gasteiger partial charge in [0.2, 0.25) is 0 Å². The first kappa shape index (κ1) is 15.9. The van der Waals surface area contributed by atoms with E-state index >= 15 is 0 Å². The van der Waals surface area contributed by atoms with Crippen LogP contribution in [-0.4, -0.2) is 11.6 Å². The summed E-state index contributed by atoms with van der Waals surface area (Å²) < 4.78 is 0. The van der Waals surface area contributed by atoms with Gasteiger partial charge in [0.25, 0.3) is 0 Å². The van der Waals surface area contributed by atoms with E-state index in [-0.39, 0.29) is 34.2 Å². The Morgan fingerprint density at radius 3 is 2.39 bits per heavy atom. The monoisotopic (exact) mass is 310 g/mol. The summed E-state index contributed by atoms with van der Waals surface area (Å²) in [5.41, 5.74) is 0.619. The van der Waals surface area contributed by atoms with Crippen LogP contribution in [0.2, 0.25) is 0 Å². The summed E-state index contributed by atoms with van der Waals surface area (Å²) in [5.74, 6) is -1.16. The molecule has 0 bridgehead atoms. The molecular weight excluding hydrogens is 288 g/mol. The molecule has 4 heteroatoms. The van der Waals surface area contributed by atoms with Gasteiger partial charge in [-0.15, -0.1) is 0 Å². The third kappa shape index (κ3) is 2.08. The topological polar surface area (TPSA) is 81.7 Å². The molecule has 2 fully saturated rings. The first-order valence-corrected chi connectivity index (χ1v) is 8.36. The lowest BCUT2D eigenvalue weighted by atomic mass is 9.45. The van der Waals surface area contributed by atoms with Crippen molar-refractivity contribution in [2.24, 2.45) is 34.5 Å². The molecule has 3 aliphatic carbocycles. The molecule has 0 N–H and O–H groups in total. The van der Waals surface area contributed by atoms with Crippen LogP contribution in [0.3, 0.4) is 0 Å². The summed E-state index contributed by atoms with van der Waals surface area (Å²) >= 11 is 0. The Labute approximate surface area is 137 Å². The van der Waals surface area contributed by atoms with Crippen molar-refractivity contribution in [3.63, 3.8) is 0 Å². The van der Waals surface area contributed by atoms with Crippen LogP contribution in [0.25, 0.3) is 0 Å². The van der Waals surface area contributed by atoms with Gasteiger partial charge in [0, 0.05) is 5.92 Å². The molecule has 3 rings (SSSR count). The highest BCUT2D eigenvalue weighted by Gasteiger charge is 2.58. The molecular formula is C19H22N2O2. The number of carbonyl (C=O) groups is 2. The Morgan fingerprint density at radius 2 is 1.78 bits per heavy atom. The van der Waals surface area contributed by atoms with Crippen molar-refractivity contribution in [1.29, 1.82) is 10.5 Å². The first-order chi connectivity index (χ1) is 10.8. The van der Waals surface area contributed by atoms with Crippen LogP contribution in [-0.2, 0) is 9.59 Å². The maximum Gasteiger partial charge on any atom is 0.172 e. The number of carbonyl (C=O) groups excluding carboxylic acids is 2. The van der Waals surface area contributed by atoms with Gasteiger partial charge in [-0.2, -0.15) is 10.5 Å². The summed E-state index contributed by atoms with van der Waals surface area (Å²) in [6.45, 7) is 6.19. The highest BCUT2D eigenvalue weighted by Crippen LogP contribution is 2.63. The van der Waals surface area contributed by atoms with Gasteiger partial charge in [0.15, 0.2) is 11.6 Å². The number of fused-ring (bicyclic) bond motifs is 3. The van der Waals surface area contributed by atoms with Gasteiger partial charge < -0.3 is 0 Å².